The first-order valence-electron chi connectivity index (χ1n) is 8.43. The normalized spacial score (nSPS) is 10.9. The van der Waals surface area contributed by atoms with Crippen LogP contribution in [0.2, 0.25) is 5.02 Å². The van der Waals surface area contributed by atoms with Crippen LogP contribution in [0.15, 0.2) is 59.0 Å². The molecule has 0 radical (unpaired) electrons. The van der Waals surface area contributed by atoms with Gasteiger partial charge in [-0.05, 0) is 61.1 Å². The number of benzene rings is 2. The van der Waals surface area contributed by atoms with E-state index < -0.39 is 17.5 Å². The number of halogens is 3. The van der Waals surface area contributed by atoms with Gasteiger partial charge in [0, 0.05) is 22.7 Å². The molecule has 29 heavy (non-hydrogen) atoms. The second-order valence-electron chi connectivity index (χ2n) is 6.07. The summed E-state index contributed by atoms with van der Waals surface area (Å²) in [7, 11) is 0. The quantitative estimate of drug-likeness (QED) is 0.409. The van der Waals surface area contributed by atoms with Crippen LogP contribution in [-0.2, 0) is 4.79 Å². The Morgan fingerprint density at radius 1 is 1.14 bits per heavy atom. The minimum atomic E-state index is -0.823. The van der Waals surface area contributed by atoms with E-state index in [9.17, 15) is 13.6 Å². The smallest absolute Gasteiger partial charge is 0.250 e. The minimum absolute atomic E-state index is 0.0480. The van der Waals surface area contributed by atoms with Gasteiger partial charge < -0.3 is 9.73 Å². The summed E-state index contributed by atoms with van der Waals surface area (Å²) in [5.41, 5.74) is 1.73. The fourth-order valence-electron chi connectivity index (χ4n) is 2.40. The van der Waals surface area contributed by atoms with Crippen LogP contribution >= 0.6 is 23.8 Å². The average Bonchev–Trinajstić information content (AvgIpc) is 3.14. The van der Waals surface area contributed by atoms with Crippen LogP contribution in [-0.4, -0.2) is 11.0 Å². The van der Waals surface area contributed by atoms with Crippen LogP contribution in [0, 0.1) is 18.6 Å². The summed E-state index contributed by atoms with van der Waals surface area (Å²) in [6.45, 7) is 1.91. The van der Waals surface area contributed by atoms with E-state index in [-0.39, 0.29) is 10.8 Å². The summed E-state index contributed by atoms with van der Waals surface area (Å²) < 4.78 is 32.2. The van der Waals surface area contributed by atoms with Crippen molar-refractivity contribution in [1.29, 1.82) is 0 Å². The summed E-state index contributed by atoms with van der Waals surface area (Å²) in [6, 6.07) is 12.0. The number of hydrogen-bond acceptors (Lipinski definition) is 3. The van der Waals surface area contributed by atoms with Crippen LogP contribution in [0.1, 0.15) is 11.3 Å². The Bertz CT molecular complexity index is 1110. The number of anilines is 1. The number of hydrogen-bond donors (Lipinski definition) is 2. The lowest BCUT2D eigenvalue weighted by molar-refractivity contribution is -0.115. The van der Waals surface area contributed by atoms with Gasteiger partial charge in [-0.15, -0.1) is 0 Å². The van der Waals surface area contributed by atoms with Crippen molar-refractivity contribution in [3.8, 4) is 11.3 Å². The van der Waals surface area contributed by atoms with Crippen LogP contribution in [0.5, 0.6) is 0 Å². The maximum Gasteiger partial charge on any atom is 0.250 e. The molecule has 1 aromatic heterocycles. The molecule has 1 amide bonds. The molecule has 0 bridgehead atoms. The van der Waals surface area contributed by atoms with Crippen LogP contribution < -0.4 is 10.6 Å². The summed E-state index contributed by atoms with van der Waals surface area (Å²) in [5.74, 6) is -1.01. The second kappa shape index (κ2) is 8.98. The zero-order valence-corrected chi connectivity index (χ0v) is 16.7. The van der Waals surface area contributed by atoms with E-state index in [0.717, 1.165) is 17.2 Å². The van der Waals surface area contributed by atoms with Gasteiger partial charge in [-0.3, -0.25) is 10.1 Å². The van der Waals surface area contributed by atoms with Gasteiger partial charge in [0.2, 0.25) is 5.91 Å². The summed E-state index contributed by atoms with van der Waals surface area (Å²) in [5, 5.41) is 5.37. The maximum absolute atomic E-state index is 13.6. The zero-order valence-electron chi connectivity index (χ0n) is 15.1. The Labute approximate surface area is 176 Å². The molecule has 148 valence electrons. The van der Waals surface area contributed by atoms with Crippen molar-refractivity contribution >= 4 is 46.6 Å². The largest absolute Gasteiger partial charge is 0.457 e. The molecule has 3 rings (SSSR count). The number of carbonyl (C=O) groups excluding carboxylic acids is 1. The summed E-state index contributed by atoms with van der Waals surface area (Å²) in [4.78, 5) is 12.0. The first kappa shape index (κ1) is 20.7. The van der Waals surface area contributed by atoms with Crippen molar-refractivity contribution in [1.82, 2.24) is 5.32 Å². The number of aryl methyl sites for hydroxylation is 1. The molecular weight excluding hydrogens is 418 g/mol. The van der Waals surface area contributed by atoms with E-state index in [0.29, 0.717) is 22.6 Å². The molecule has 8 heteroatoms. The first-order chi connectivity index (χ1) is 13.8. The van der Waals surface area contributed by atoms with Gasteiger partial charge in [-0.25, -0.2) is 8.78 Å². The third-order valence-electron chi connectivity index (χ3n) is 3.90. The molecule has 4 nitrogen and oxygen atoms in total. The van der Waals surface area contributed by atoms with Crippen LogP contribution in [0.25, 0.3) is 17.4 Å². The predicted molar refractivity (Wildman–Crippen MR) is 114 cm³/mol. The number of nitrogens with one attached hydrogen (secondary N) is 2. The number of carbonyl (C=O) groups is 1. The molecule has 0 aliphatic heterocycles. The Morgan fingerprint density at radius 3 is 2.66 bits per heavy atom. The van der Waals surface area contributed by atoms with Gasteiger partial charge in [-0.2, -0.15) is 0 Å². The molecule has 3 aromatic rings. The van der Waals surface area contributed by atoms with E-state index in [1.54, 1.807) is 18.2 Å². The zero-order chi connectivity index (χ0) is 21.0. The molecule has 0 saturated heterocycles. The number of amides is 1. The topological polar surface area (TPSA) is 54.3 Å². The van der Waals surface area contributed by atoms with Gasteiger partial charge in [-0.1, -0.05) is 23.7 Å². The van der Waals surface area contributed by atoms with E-state index in [1.165, 1.54) is 18.2 Å². The SMILES string of the molecule is Cc1ccc(-c2ccc(/C=C/C(=O)NC(=S)Nc3ccc(F)cc3F)o2)cc1Cl. The van der Waals surface area contributed by atoms with Gasteiger partial charge in [0.05, 0.1) is 5.69 Å². The highest BCUT2D eigenvalue weighted by atomic mass is 35.5. The van der Waals surface area contributed by atoms with E-state index in [1.807, 2.05) is 19.1 Å². The lowest BCUT2D eigenvalue weighted by Gasteiger charge is -2.08. The second-order valence-corrected chi connectivity index (χ2v) is 6.88. The Hall–Kier alpha value is -3.03. The van der Waals surface area contributed by atoms with Crippen molar-refractivity contribution in [3.05, 3.63) is 82.6 Å². The molecule has 0 spiro atoms. The summed E-state index contributed by atoms with van der Waals surface area (Å²) >= 11 is 11.1. The van der Waals surface area contributed by atoms with E-state index in [4.69, 9.17) is 28.2 Å². The van der Waals surface area contributed by atoms with Gasteiger partial charge in [0.25, 0.3) is 0 Å². The number of thiocarbonyl (C=S) groups is 1. The average molecular weight is 433 g/mol. The molecule has 0 unspecified atom stereocenters. The molecule has 0 atom stereocenters. The molecule has 1 heterocycles. The third-order valence-corrected chi connectivity index (χ3v) is 4.51. The highest BCUT2D eigenvalue weighted by Gasteiger charge is 2.08. The fourth-order valence-corrected chi connectivity index (χ4v) is 2.79. The molecule has 0 aliphatic carbocycles. The van der Waals surface area contributed by atoms with Crippen molar-refractivity contribution < 1.29 is 18.0 Å². The molecule has 0 aliphatic rings. The van der Waals surface area contributed by atoms with Crippen molar-refractivity contribution in [2.45, 2.75) is 6.92 Å². The Kier molecular flexibility index (Phi) is 6.41. The Balaban J connectivity index is 1.59. The molecular formula is C21H15ClF2N2O2S. The standard InChI is InChI=1S/C21H15ClF2N2O2S/c1-12-2-3-13(10-16(12)22)19-8-5-15(28-19)6-9-20(27)26-21(29)25-18-7-4-14(23)11-17(18)24/h2-11H,1H3,(H2,25,26,27,29)/b9-6+. The molecule has 0 fully saturated rings. The molecule has 2 N–H and O–H groups in total. The fraction of sp³-hybridized carbons (Fsp3) is 0.0476. The highest BCUT2D eigenvalue weighted by Crippen LogP contribution is 2.27. The maximum atomic E-state index is 13.6. The van der Waals surface area contributed by atoms with Crippen molar-refractivity contribution in [2.75, 3.05) is 5.32 Å². The minimum Gasteiger partial charge on any atom is -0.457 e. The lowest BCUT2D eigenvalue weighted by Crippen LogP contribution is -2.33. The monoisotopic (exact) mass is 432 g/mol. The number of rotatable bonds is 4. The first-order valence-corrected chi connectivity index (χ1v) is 9.22. The van der Waals surface area contributed by atoms with Crippen molar-refractivity contribution in [2.24, 2.45) is 0 Å². The summed E-state index contributed by atoms with van der Waals surface area (Å²) in [6.07, 6.45) is 2.69. The van der Waals surface area contributed by atoms with E-state index in [2.05, 4.69) is 10.6 Å². The highest BCUT2D eigenvalue weighted by molar-refractivity contribution is 7.80. The third kappa shape index (κ3) is 5.49. The molecule has 2 aromatic carbocycles. The number of furan rings is 1. The van der Waals surface area contributed by atoms with E-state index >= 15 is 0 Å². The van der Waals surface area contributed by atoms with Gasteiger partial charge in [0.1, 0.15) is 23.2 Å². The lowest BCUT2D eigenvalue weighted by atomic mass is 10.1. The van der Waals surface area contributed by atoms with Gasteiger partial charge in [0.15, 0.2) is 5.11 Å². The Morgan fingerprint density at radius 2 is 1.93 bits per heavy atom. The predicted octanol–water partition coefficient (Wildman–Crippen LogP) is 5.71. The van der Waals surface area contributed by atoms with Crippen molar-refractivity contribution in [3.63, 3.8) is 0 Å². The molecule has 0 saturated carbocycles. The van der Waals surface area contributed by atoms with Gasteiger partial charge >= 0.3 is 0 Å². The van der Waals surface area contributed by atoms with Crippen LogP contribution in [0.4, 0.5) is 14.5 Å². The van der Waals surface area contributed by atoms with Crippen LogP contribution in [0.3, 0.4) is 0 Å².